The van der Waals surface area contributed by atoms with Crippen molar-refractivity contribution < 1.29 is 19.7 Å². The van der Waals surface area contributed by atoms with Crippen LogP contribution < -0.4 is 0 Å². The van der Waals surface area contributed by atoms with Gasteiger partial charge in [-0.15, -0.1) is 11.8 Å². The number of unbranched alkanes of at least 4 members (excludes halogenated alkanes) is 2. The number of nitrogens with zero attached hydrogens (tertiary/aromatic N) is 1. The summed E-state index contributed by atoms with van der Waals surface area (Å²) in [5.41, 5.74) is 0. The predicted octanol–water partition coefficient (Wildman–Crippen LogP) is 3.34. The van der Waals surface area contributed by atoms with Crippen LogP contribution in [-0.2, 0) is 9.53 Å². The Morgan fingerprint density at radius 3 is 2.96 bits per heavy atom. The standard InChI is InChI=1S/C20H33NO4S/c1-3-4-5-7-14(22)9-10-15-16-12-19(21-17(16)13-18(15)23)26-11-6-8-20(24)25-2/h9-10,14-18,22-23H,3-8,11-13H2,1-2H3/b10-9+/t14-,15+,16+,17-,18+/m0/s1. The van der Waals surface area contributed by atoms with Crippen LogP contribution in [0, 0.1) is 11.8 Å². The number of hydrogen-bond donors (Lipinski definition) is 2. The van der Waals surface area contributed by atoms with E-state index >= 15 is 0 Å². The summed E-state index contributed by atoms with van der Waals surface area (Å²) in [6, 6.07) is 0.194. The topological polar surface area (TPSA) is 79.1 Å². The van der Waals surface area contributed by atoms with E-state index in [4.69, 9.17) is 4.99 Å². The molecule has 6 heteroatoms. The number of ether oxygens (including phenoxy) is 1. The molecule has 0 aromatic heterocycles. The zero-order chi connectivity index (χ0) is 18.9. The average Bonchev–Trinajstić information content (AvgIpc) is 3.13. The van der Waals surface area contributed by atoms with Gasteiger partial charge in [0.15, 0.2) is 0 Å². The van der Waals surface area contributed by atoms with E-state index in [1.807, 2.05) is 12.2 Å². The number of esters is 1. The Morgan fingerprint density at radius 1 is 1.42 bits per heavy atom. The highest BCUT2D eigenvalue weighted by atomic mass is 32.2. The molecule has 0 unspecified atom stereocenters. The molecule has 26 heavy (non-hydrogen) atoms. The Kier molecular flexibility index (Phi) is 9.16. The third-order valence-electron chi connectivity index (χ3n) is 5.32. The van der Waals surface area contributed by atoms with Crippen LogP contribution in [0.3, 0.4) is 0 Å². The van der Waals surface area contributed by atoms with Crippen LogP contribution >= 0.6 is 11.8 Å². The molecule has 148 valence electrons. The summed E-state index contributed by atoms with van der Waals surface area (Å²) in [5.74, 6) is 1.12. The van der Waals surface area contributed by atoms with E-state index in [0.717, 1.165) is 49.3 Å². The van der Waals surface area contributed by atoms with Crippen molar-refractivity contribution in [3.63, 3.8) is 0 Å². The molecule has 0 aromatic carbocycles. The van der Waals surface area contributed by atoms with Crippen LogP contribution in [-0.4, -0.2) is 52.3 Å². The van der Waals surface area contributed by atoms with Gasteiger partial charge in [0.25, 0.3) is 0 Å². The van der Waals surface area contributed by atoms with Crippen molar-refractivity contribution in [3.05, 3.63) is 12.2 Å². The maximum atomic E-state index is 11.1. The van der Waals surface area contributed by atoms with Crippen LogP contribution in [0.1, 0.15) is 58.3 Å². The smallest absolute Gasteiger partial charge is 0.305 e. The summed E-state index contributed by atoms with van der Waals surface area (Å²) in [7, 11) is 1.41. The maximum Gasteiger partial charge on any atom is 0.305 e. The molecule has 0 bridgehead atoms. The number of carbonyl (C=O) groups excluding carboxylic acids is 1. The Morgan fingerprint density at radius 2 is 2.23 bits per heavy atom. The molecule has 1 fully saturated rings. The minimum Gasteiger partial charge on any atom is -0.469 e. The Bertz CT molecular complexity index is 508. The van der Waals surface area contributed by atoms with Crippen molar-refractivity contribution in [2.75, 3.05) is 12.9 Å². The van der Waals surface area contributed by atoms with Gasteiger partial charge >= 0.3 is 5.97 Å². The minimum absolute atomic E-state index is 0.0812. The largest absolute Gasteiger partial charge is 0.469 e. The van der Waals surface area contributed by atoms with E-state index < -0.39 is 6.10 Å². The summed E-state index contributed by atoms with van der Waals surface area (Å²) in [6.45, 7) is 2.16. The normalized spacial score (nSPS) is 29.0. The van der Waals surface area contributed by atoms with Gasteiger partial charge in [-0.25, -0.2) is 0 Å². The van der Waals surface area contributed by atoms with Crippen LogP contribution in [0.25, 0.3) is 0 Å². The molecule has 0 saturated heterocycles. The maximum absolute atomic E-state index is 11.1. The quantitative estimate of drug-likeness (QED) is 0.344. The lowest BCUT2D eigenvalue weighted by Crippen LogP contribution is -2.19. The zero-order valence-electron chi connectivity index (χ0n) is 16.0. The third-order valence-corrected chi connectivity index (χ3v) is 6.41. The number of hydrogen-bond acceptors (Lipinski definition) is 6. The van der Waals surface area contributed by atoms with E-state index in [9.17, 15) is 15.0 Å². The molecule has 0 aromatic rings. The molecule has 1 saturated carbocycles. The molecule has 1 heterocycles. The minimum atomic E-state index is -0.415. The number of rotatable bonds is 10. The number of thioether (sulfide) groups is 1. The van der Waals surface area contributed by atoms with E-state index in [1.165, 1.54) is 7.11 Å². The first-order chi connectivity index (χ1) is 12.5. The first kappa shape index (κ1) is 21.5. The highest BCUT2D eigenvalue weighted by Crippen LogP contribution is 2.43. The fourth-order valence-electron chi connectivity index (χ4n) is 3.81. The van der Waals surface area contributed by atoms with Gasteiger partial charge in [0.05, 0.1) is 30.4 Å². The van der Waals surface area contributed by atoms with Gasteiger partial charge in [-0.3, -0.25) is 9.79 Å². The molecule has 0 radical (unpaired) electrons. The number of methoxy groups -OCH3 is 1. The van der Waals surface area contributed by atoms with Gasteiger partial charge in [-0.1, -0.05) is 38.3 Å². The molecule has 2 rings (SSSR count). The van der Waals surface area contributed by atoms with Crippen molar-refractivity contribution in [2.45, 2.75) is 76.5 Å². The van der Waals surface area contributed by atoms with E-state index in [2.05, 4.69) is 11.7 Å². The Hall–Kier alpha value is -0.850. The average molecular weight is 384 g/mol. The molecule has 2 N–H and O–H groups in total. The SMILES string of the molecule is CCCCC[C@H](O)/C=C/[C@@H]1[C@H]2CC(SCCCC(=O)OC)=N[C@H]2C[C@H]1O. The van der Waals surface area contributed by atoms with Gasteiger partial charge in [0, 0.05) is 18.8 Å². The second kappa shape index (κ2) is 11.1. The number of aliphatic imine (C=N–C) groups is 1. The lowest BCUT2D eigenvalue weighted by molar-refractivity contribution is -0.140. The predicted molar refractivity (Wildman–Crippen MR) is 106 cm³/mol. The second-order valence-corrected chi connectivity index (χ2v) is 8.48. The van der Waals surface area contributed by atoms with Crippen LogP contribution in [0.4, 0.5) is 0 Å². The van der Waals surface area contributed by atoms with Gasteiger partial charge in [0.1, 0.15) is 0 Å². The van der Waals surface area contributed by atoms with E-state index in [0.29, 0.717) is 18.8 Å². The van der Waals surface area contributed by atoms with Crippen molar-refractivity contribution in [1.82, 2.24) is 0 Å². The number of fused-ring (bicyclic) bond motifs is 1. The summed E-state index contributed by atoms with van der Waals surface area (Å²) < 4.78 is 4.65. The molecule has 0 amide bonds. The fourth-order valence-corrected chi connectivity index (χ4v) is 4.86. The number of carbonyl (C=O) groups is 1. The first-order valence-electron chi connectivity index (χ1n) is 9.85. The Balaban J connectivity index is 1.76. The summed E-state index contributed by atoms with van der Waals surface area (Å²) in [4.78, 5) is 15.9. The van der Waals surface area contributed by atoms with E-state index in [1.54, 1.807) is 11.8 Å². The molecule has 1 aliphatic heterocycles. The van der Waals surface area contributed by atoms with Crippen LogP contribution in [0.5, 0.6) is 0 Å². The molecule has 5 atom stereocenters. The zero-order valence-corrected chi connectivity index (χ0v) is 16.8. The van der Waals surface area contributed by atoms with Gasteiger partial charge in [-0.05, 0) is 30.9 Å². The van der Waals surface area contributed by atoms with Crippen molar-refractivity contribution in [2.24, 2.45) is 16.8 Å². The van der Waals surface area contributed by atoms with Gasteiger partial charge in [0.2, 0.25) is 0 Å². The van der Waals surface area contributed by atoms with Crippen molar-refractivity contribution in [1.29, 1.82) is 0 Å². The summed E-state index contributed by atoms with van der Waals surface area (Å²) in [5, 5.41) is 21.6. The molecular weight excluding hydrogens is 350 g/mol. The molecule has 5 nitrogen and oxygen atoms in total. The summed E-state index contributed by atoms with van der Waals surface area (Å²) >= 11 is 1.72. The fraction of sp³-hybridized carbons (Fsp3) is 0.800. The van der Waals surface area contributed by atoms with Crippen LogP contribution in [0.2, 0.25) is 0 Å². The first-order valence-corrected chi connectivity index (χ1v) is 10.8. The number of aliphatic hydroxyl groups excluding tert-OH is 2. The Labute approximate surface area is 161 Å². The van der Waals surface area contributed by atoms with Crippen molar-refractivity contribution in [3.8, 4) is 0 Å². The van der Waals surface area contributed by atoms with Crippen molar-refractivity contribution >= 4 is 22.8 Å². The highest BCUT2D eigenvalue weighted by molar-refractivity contribution is 8.13. The van der Waals surface area contributed by atoms with E-state index in [-0.39, 0.29) is 24.0 Å². The third kappa shape index (κ3) is 6.39. The van der Waals surface area contributed by atoms with Crippen LogP contribution in [0.15, 0.2) is 17.1 Å². The molecule has 0 spiro atoms. The molecule has 1 aliphatic carbocycles. The van der Waals surface area contributed by atoms with Gasteiger partial charge < -0.3 is 14.9 Å². The lowest BCUT2D eigenvalue weighted by atomic mass is 9.91. The van der Waals surface area contributed by atoms with Gasteiger partial charge in [-0.2, -0.15) is 0 Å². The molecular formula is C20H33NO4S. The molecule has 2 aliphatic rings. The summed E-state index contributed by atoms with van der Waals surface area (Å²) in [6.07, 6.45) is 10.1. The lowest BCUT2D eigenvalue weighted by Gasteiger charge is -2.17. The number of aliphatic hydroxyl groups is 2. The second-order valence-electron chi connectivity index (χ2n) is 7.31. The highest BCUT2D eigenvalue weighted by Gasteiger charge is 2.44. The monoisotopic (exact) mass is 383 g/mol.